The van der Waals surface area contributed by atoms with Crippen LogP contribution in [-0.2, 0) is 11.3 Å². The molecular weight excluding hydrogens is 388 g/mol. The summed E-state index contributed by atoms with van der Waals surface area (Å²) in [4.78, 5) is 16.3. The predicted octanol–water partition coefficient (Wildman–Crippen LogP) is 5.02. The topological polar surface area (TPSA) is 63.3 Å². The fourth-order valence-corrected chi connectivity index (χ4v) is 3.91. The van der Waals surface area contributed by atoms with Crippen molar-refractivity contribution in [2.75, 3.05) is 14.2 Å². The highest BCUT2D eigenvalue weighted by Gasteiger charge is 2.22. The molecule has 31 heavy (non-hydrogen) atoms. The summed E-state index contributed by atoms with van der Waals surface area (Å²) in [6.45, 7) is 0.506. The zero-order chi connectivity index (χ0) is 21.6. The van der Waals surface area contributed by atoms with Gasteiger partial charge in [0, 0.05) is 36.0 Å². The molecular formula is C26H26N2O3. The van der Waals surface area contributed by atoms with Crippen LogP contribution in [-0.4, -0.2) is 25.1 Å². The average Bonchev–Trinajstić information content (AvgIpc) is 3.25. The first-order valence-electron chi connectivity index (χ1n) is 10.3. The van der Waals surface area contributed by atoms with Gasteiger partial charge in [0.05, 0.1) is 14.2 Å². The highest BCUT2D eigenvalue weighted by Crippen LogP contribution is 2.37. The van der Waals surface area contributed by atoms with E-state index in [1.54, 1.807) is 14.2 Å². The van der Waals surface area contributed by atoms with Gasteiger partial charge in [0.15, 0.2) is 11.5 Å². The van der Waals surface area contributed by atoms with Gasteiger partial charge >= 0.3 is 0 Å². The van der Waals surface area contributed by atoms with Gasteiger partial charge in [-0.15, -0.1) is 0 Å². The lowest BCUT2D eigenvalue weighted by molar-refractivity contribution is -0.121. The molecule has 1 atom stereocenters. The van der Waals surface area contributed by atoms with Gasteiger partial charge in [-0.3, -0.25) is 4.79 Å². The second kappa shape index (κ2) is 9.39. The number of para-hydroxylation sites is 1. The molecule has 1 heterocycles. The van der Waals surface area contributed by atoms with E-state index in [2.05, 4.69) is 16.4 Å². The van der Waals surface area contributed by atoms with Crippen LogP contribution in [0.5, 0.6) is 11.5 Å². The van der Waals surface area contributed by atoms with Gasteiger partial charge in [0.25, 0.3) is 0 Å². The quantitative estimate of drug-likeness (QED) is 0.425. The molecule has 2 N–H and O–H groups in total. The van der Waals surface area contributed by atoms with Crippen molar-refractivity contribution in [3.8, 4) is 11.5 Å². The Bertz CT molecular complexity index is 1170. The number of H-pyrrole nitrogens is 1. The summed E-state index contributed by atoms with van der Waals surface area (Å²) < 4.78 is 10.9. The molecule has 4 aromatic rings. The Kier molecular flexibility index (Phi) is 6.22. The lowest BCUT2D eigenvalue weighted by Crippen LogP contribution is -2.25. The van der Waals surface area contributed by atoms with Crippen LogP contribution in [0.1, 0.15) is 29.0 Å². The molecule has 1 aromatic heterocycles. The van der Waals surface area contributed by atoms with E-state index in [0.717, 1.165) is 27.6 Å². The normalized spacial score (nSPS) is 11.8. The highest BCUT2D eigenvalue weighted by atomic mass is 16.5. The fourth-order valence-electron chi connectivity index (χ4n) is 3.91. The molecule has 158 valence electrons. The van der Waals surface area contributed by atoms with E-state index in [-0.39, 0.29) is 11.8 Å². The first kappa shape index (κ1) is 20.5. The number of benzene rings is 3. The lowest BCUT2D eigenvalue weighted by Gasteiger charge is -2.19. The minimum absolute atomic E-state index is 0.00563. The van der Waals surface area contributed by atoms with E-state index in [1.165, 1.54) is 0 Å². The number of carbonyl (C=O) groups is 1. The fraction of sp³-hybridized carbons (Fsp3) is 0.192. The van der Waals surface area contributed by atoms with Gasteiger partial charge in [0.2, 0.25) is 5.91 Å². The van der Waals surface area contributed by atoms with Crippen molar-refractivity contribution >= 4 is 16.8 Å². The van der Waals surface area contributed by atoms with Crippen molar-refractivity contribution in [3.05, 3.63) is 95.7 Å². The monoisotopic (exact) mass is 414 g/mol. The number of amides is 1. The molecule has 0 aliphatic heterocycles. The minimum atomic E-state index is -0.133. The van der Waals surface area contributed by atoms with E-state index < -0.39 is 0 Å². The van der Waals surface area contributed by atoms with Crippen molar-refractivity contribution in [1.29, 1.82) is 0 Å². The maximum atomic E-state index is 12.9. The third-order valence-electron chi connectivity index (χ3n) is 5.53. The molecule has 0 radical (unpaired) electrons. The summed E-state index contributed by atoms with van der Waals surface area (Å²) in [5, 5.41) is 4.16. The van der Waals surface area contributed by atoms with Crippen molar-refractivity contribution in [2.45, 2.75) is 18.9 Å². The van der Waals surface area contributed by atoms with Crippen LogP contribution >= 0.6 is 0 Å². The molecule has 0 bridgehead atoms. The summed E-state index contributed by atoms with van der Waals surface area (Å²) >= 11 is 0. The summed E-state index contributed by atoms with van der Waals surface area (Å²) in [7, 11) is 3.24. The molecule has 5 heteroatoms. The molecule has 1 amide bonds. The summed E-state index contributed by atoms with van der Waals surface area (Å²) in [6, 6.07) is 23.9. The van der Waals surface area contributed by atoms with E-state index in [0.29, 0.717) is 24.5 Å². The smallest absolute Gasteiger partial charge is 0.221 e. The number of methoxy groups -OCH3 is 2. The third kappa shape index (κ3) is 4.56. The Hall–Kier alpha value is -3.73. The predicted molar refractivity (Wildman–Crippen MR) is 123 cm³/mol. The van der Waals surface area contributed by atoms with Crippen molar-refractivity contribution in [1.82, 2.24) is 10.3 Å². The molecule has 4 rings (SSSR count). The number of rotatable bonds is 8. The van der Waals surface area contributed by atoms with Crippen LogP contribution in [0.4, 0.5) is 0 Å². The van der Waals surface area contributed by atoms with Gasteiger partial charge < -0.3 is 19.8 Å². The van der Waals surface area contributed by atoms with Gasteiger partial charge in [-0.1, -0.05) is 54.6 Å². The van der Waals surface area contributed by atoms with Crippen LogP contribution in [0, 0.1) is 0 Å². The summed E-state index contributed by atoms with van der Waals surface area (Å²) in [5.41, 5.74) is 4.20. The minimum Gasteiger partial charge on any atom is -0.493 e. The number of hydrogen-bond acceptors (Lipinski definition) is 3. The van der Waals surface area contributed by atoms with Crippen LogP contribution in [0.15, 0.2) is 79.0 Å². The Morgan fingerprint density at radius 2 is 1.68 bits per heavy atom. The molecule has 0 fully saturated rings. The number of carbonyl (C=O) groups excluding carboxylic acids is 1. The van der Waals surface area contributed by atoms with Crippen molar-refractivity contribution in [2.24, 2.45) is 0 Å². The Balaban J connectivity index is 1.65. The number of nitrogens with one attached hydrogen (secondary N) is 2. The Morgan fingerprint density at radius 1 is 0.935 bits per heavy atom. The third-order valence-corrected chi connectivity index (χ3v) is 5.53. The van der Waals surface area contributed by atoms with Gasteiger partial charge in [-0.05, 0) is 34.9 Å². The molecule has 1 unspecified atom stereocenters. The number of hydrogen-bond donors (Lipinski definition) is 2. The molecule has 0 aliphatic rings. The first-order valence-corrected chi connectivity index (χ1v) is 10.3. The maximum Gasteiger partial charge on any atom is 0.221 e. The molecule has 0 saturated carbocycles. The van der Waals surface area contributed by atoms with Crippen molar-refractivity contribution in [3.63, 3.8) is 0 Å². The standard InChI is InChI=1S/C26H26N2O3/c1-30-24-13-12-19(14-25(24)31-2)21(22-17-27-23-11-7-6-10-20(22)23)15-26(29)28-16-18-8-4-3-5-9-18/h3-14,17,21,27H,15-16H2,1-2H3,(H,28,29). The van der Waals surface area contributed by atoms with E-state index >= 15 is 0 Å². The van der Waals surface area contributed by atoms with Gasteiger partial charge in [-0.25, -0.2) is 0 Å². The second-order valence-corrected chi connectivity index (χ2v) is 7.42. The zero-order valence-electron chi connectivity index (χ0n) is 17.7. The lowest BCUT2D eigenvalue weighted by atomic mass is 9.87. The van der Waals surface area contributed by atoms with E-state index in [9.17, 15) is 4.79 Å². The SMILES string of the molecule is COc1ccc(C(CC(=O)NCc2ccccc2)c2c[nH]c3ccccc23)cc1OC. The van der Waals surface area contributed by atoms with E-state index in [1.807, 2.05) is 72.9 Å². The van der Waals surface area contributed by atoms with Crippen LogP contribution < -0.4 is 14.8 Å². The molecule has 0 spiro atoms. The van der Waals surface area contributed by atoms with Crippen LogP contribution in [0.3, 0.4) is 0 Å². The number of fused-ring (bicyclic) bond motifs is 1. The molecule has 3 aromatic carbocycles. The number of aromatic nitrogens is 1. The van der Waals surface area contributed by atoms with Crippen LogP contribution in [0.25, 0.3) is 10.9 Å². The number of aromatic amines is 1. The Morgan fingerprint density at radius 3 is 2.45 bits per heavy atom. The molecule has 0 aliphatic carbocycles. The molecule has 0 saturated heterocycles. The average molecular weight is 415 g/mol. The second-order valence-electron chi connectivity index (χ2n) is 7.42. The van der Waals surface area contributed by atoms with Crippen molar-refractivity contribution < 1.29 is 14.3 Å². The number of ether oxygens (including phenoxy) is 2. The highest BCUT2D eigenvalue weighted by molar-refractivity contribution is 5.86. The van der Waals surface area contributed by atoms with Gasteiger partial charge in [-0.2, -0.15) is 0 Å². The van der Waals surface area contributed by atoms with E-state index in [4.69, 9.17) is 9.47 Å². The Labute approximate surface area is 182 Å². The summed E-state index contributed by atoms with van der Waals surface area (Å²) in [5.74, 6) is 1.17. The molecule has 5 nitrogen and oxygen atoms in total. The van der Waals surface area contributed by atoms with Crippen LogP contribution in [0.2, 0.25) is 0 Å². The largest absolute Gasteiger partial charge is 0.493 e. The first-order chi connectivity index (χ1) is 15.2. The maximum absolute atomic E-state index is 12.9. The zero-order valence-corrected chi connectivity index (χ0v) is 17.7. The van der Waals surface area contributed by atoms with Gasteiger partial charge in [0.1, 0.15) is 0 Å². The summed E-state index contributed by atoms with van der Waals surface area (Å²) in [6.07, 6.45) is 2.32.